The molecule has 0 amide bonds. The first-order chi connectivity index (χ1) is 7.81. The molecule has 2 rings (SSSR count). The van der Waals surface area contributed by atoms with Gasteiger partial charge in [-0.1, -0.05) is 5.16 Å². The van der Waals surface area contributed by atoms with Gasteiger partial charge in [-0.05, 0) is 14.1 Å². The van der Waals surface area contributed by atoms with Gasteiger partial charge in [0, 0.05) is 31.0 Å². The van der Waals surface area contributed by atoms with Gasteiger partial charge in [0.2, 0.25) is 5.89 Å². The van der Waals surface area contributed by atoms with Crippen LogP contribution in [0.2, 0.25) is 0 Å². The molecule has 0 bridgehead atoms. The van der Waals surface area contributed by atoms with Gasteiger partial charge in [0.1, 0.15) is 0 Å². The Morgan fingerprint density at radius 2 is 2.50 bits per heavy atom. The highest BCUT2D eigenvalue weighted by atomic mass is 32.2. The van der Waals surface area contributed by atoms with Crippen LogP contribution in [0.1, 0.15) is 17.8 Å². The maximum absolute atomic E-state index is 5.23. The van der Waals surface area contributed by atoms with Crippen LogP contribution in [0.5, 0.6) is 0 Å². The fourth-order valence-electron chi connectivity index (χ4n) is 1.70. The standard InChI is InChI=1S/C10H18N4OS/c1-11-4-3-9-12-10(13-15-9)8-7-16-6-5-14(8)2/h8,11H,3-7H2,1-2H3. The summed E-state index contributed by atoms with van der Waals surface area (Å²) in [5.41, 5.74) is 0. The van der Waals surface area contributed by atoms with E-state index in [0.717, 1.165) is 37.0 Å². The van der Waals surface area contributed by atoms with Crippen LogP contribution in [0, 0.1) is 0 Å². The van der Waals surface area contributed by atoms with Gasteiger partial charge >= 0.3 is 0 Å². The van der Waals surface area contributed by atoms with Crippen LogP contribution in [-0.2, 0) is 6.42 Å². The van der Waals surface area contributed by atoms with Crippen molar-refractivity contribution in [3.05, 3.63) is 11.7 Å². The summed E-state index contributed by atoms with van der Waals surface area (Å²) in [5.74, 6) is 3.81. The van der Waals surface area contributed by atoms with Crippen molar-refractivity contribution in [2.75, 3.05) is 38.7 Å². The molecule has 0 aliphatic carbocycles. The zero-order valence-corrected chi connectivity index (χ0v) is 10.6. The van der Waals surface area contributed by atoms with Crippen LogP contribution in [0.3, 0.4) is 0 Å². The van der Waals surface area contributed by atoms with Crippen LogP contribution >= 0.6 is 11.8 Å². The van der Waals surface area contributed by atoms with Crippen molar-refractivity contribution in [3.63, 3.8) is 0 Å². The lowest BCUT2D eigenvalue weighted by Crippen LogP contribution is -2.33. The van der Waals surface area contributed by atoms with E-state index in [4.69, 9.17) is 4.52 Å². The first-order valence-electron chi connectivity index (χ1n) is 5.56. The number of hydrogen-bond donors (Lipinski definition) is 1. The molecule has 6 heteroatoms. The number of nitrogens with one attached hydrogen (secondary N) is 1. The van der Waals surface area contributed by atoms with Gasteiger partial charge in [0.05, 0.1) is 6.04 Å². The van der Waals surface area contributed by atoms with Crippen LogP contribution in [0.25, 0.3) is 0 Å². The molecular formula is C10H18N4OS. The number of hydrogen-bond acceptors (Lipinski definition) is 6. The molecule has 1 atom stereocenters. The van der Waals surface area contributed by atoms with Crippen molar-refractivity contribution in [1.29, 1.82) is 0 Å². The van der Waals surface area contributed by atoms with E-state index >= 15 is 0 Å². The van der Waals surface area contributed by atoms with Crippen LogP contribution in [0.4, 0.5) is 0 Å². The van der Waals surface area contributed by atoms with E-state index in [1.54, 1.807) is 0 Å². The molecule has 0 saturated carbocycles. The maximum atomic E-state index is 5.23. The van der Waals surface area contributed by atoms with Gasteiger partial charge in [-0.15, -0.1) is 0 Å². The topological polar surface area (TPSA) is 54.2 Å². The molecule has 1 aliphatic rings. The lowest BCUT2D eigenvalue weighted by molar-refractivity contribution is 0.256. The third kappa shape index (κ3) is 2.75. The van der Waals surface area contributed by atoms with E-state index in [2.05, 4.69) is 27.4 Å². The minimum absolute atomic E-state index is 0.311. The molecule has 90 valence electrons. The second-order valence-electron chi connectivity index (χ2n) is 3.97. The second kappa shape index (κ2) is 5.65. The molecule has 1 aromatic heterocycles. The molecule has 0 aromatic carbocycles. The monoisotopic (exact) mass is 242 g/mol. The molecule has 1 unspecified atom stereocenters. The zero-order chi connectivity index (χ0) is 11.4. The Morgan fingerprint density at radius 3 is 3.25 bits per heavy atom. The Bertz CT molecular complexity index is 330. The van der Waals surface area contributed by atoms with Gasteiger partial charge in [-0.2, -0.15) is 16.7 Å². The second-order valence-corrected chi connectivity index (χ2v) is 5.12. The summed E-state index contributed by atoms with van der Waals surface area (Å²) < 4.78 is 5.23. The van der Waals surface area contributed by atoms with Crippen molar-refractivity contribution in [2.24, 2.45) is 0 Å². The quantitative estimate of drug-likeness (QED) is 0.832. The summed E-state index contributed by atoms with van der Waals surface area (Å²) in [6.45, 7) is 1.96. The fraction of sp³-hybridized carbons (Fsp3) is 0.800. The fourth-order valence-corrected chi connectivity index (χ4v) is 2.91. The summed E-state index contributed by atoms with van der Waals surface area (Å²) in [7, 11) is 4.04. The number of rotatable bonds is 4. The maximum Gasteiger partial charge on any atom is 0.227 e. The highest BCUT2D eigenvalue weighted by Crippen LogP contribution is 2.26. The molecule has 1 aliphatic heterocycles. The van der Waals surface area contributed by atoms with Crippen LogP contribution < -0.4 is 5.32 Å². The minimum atomic E-state index is 0.311. The number of likely N-dealkylation sites (N-methyl/N-ethyl adjacent to an activating group) is 1. The summed E-state index contributed by atoms with van der Waals surface area (Å²) in [6, 6.07) is 0.311. The highest BCUT2D eigenvalue weighted by molar-refractivity contribution is 7.99. The van der Waals surface area contributed by atoms with Crippen LogP contribution in [-0.4, -0.2) is 53.7 Å². The first kappa shape index (κ1) is 11.9. The van der Waals surface area contributed by atoms with Crippen molar-refractivity contribution in [1.82, 2.24) is 20.4 Å². The van der Waals surface area contributed by atoms with Gasteiger partial charge in [-0.3, -0.25) is 4.90 Å². The van der Waals surface area contributed by atoms with E-state index in [1.165, 1.54) is 5.75 Å². The number of nitrogens with zero attached hydrogens (tertiary/aromatic N) is 3. The predicted molar refractivity (Wildman–Crippen MR) is 64.6 cm³/mol. The third-order valence-corrected chi connectivity index (χ3v) is 3.79. The minimum Gasteiger partial charge on any atom is -0.339 e. The smallest absolute Gasteiger partial charge is 0.227 e. The van der Waals surface area contributed by atoms with Crippen molar-refractivity contribution in [3.8, 4) is 0 Å². The molecule has 1 N–H and O–H groups in total. The van der Waals surface area contributed by atoms with E-state index in [-0.39, 0.29) is 0 Å². The van der Waals surface area contributed by atoms with E-state index in [9.17, 15) is 0 Å². The molecule has 2 heterocycles. The molecule has 1 fully saturated rings. The Balaban J connectivity index is 1.99. The Morgan fingerprint density at radius 1 is 1.62 bits per heavy atom. The Hall–Kier alpha value is -0.590. The van der Waals surface area contributed by atoms with E-state index < -0.39 is 0 Å². The largest absolute Gasteiger partial charge is 0.339 e. The average molecular weight is 242 g/mol. The third-order valence-electron chi connectivity index (χ3n) is 2.77. The summed E-state index contributed by atoms with van der Waals surface area (Å²) in [4.78, 5) is 6.74. The average Bonchev–Trinajstić information content (AvgIpc) is 2.75. The van der Waals surface area contributed by atoms with Crippen molar-refractivity contribution < 1.29 is 4.52 Å². The van der Waals surface area contributed by atoms with Crippen LogP contribution in [0.15, 0.2) is 4.52 Å². The summed E-state index contributed by atoms with van der Waals surface area (Å²) >= 11 is 1.95. The SMILES string of the molecule is CNCCc1nc(C2CSCCN2C)no1. The van der Waals surface area contributed by atoms with Gasteiger partial charge in [-0.25, -0.2) is 0 Å². The molecule has 1 saturated heterocycles. The predicted octanol–water partition coefficient (Wildman–Crippen LogP) is 0.551. The lowest BCUT2D eigenvalue weighted by atomic mass is 10.3. The Labute approximate surface area is 100.0 Å². The molecule has 5 nitrogen and oxygen atoms in total. The highest BCUT2D eigenvalue weighted by Gasteiger charge is 2.25. The Kier molecular flexibility index (Phi) is 4.20. The summed E-state index contributed by atoms with van der Waals surface area (Å²) in [6.07, 6.45) is 0.799. The van der Waals surface area contributed by atoms with E-state index in [0.29, 0.717) is 6.04 Å². The normalized spacial score (nSPS) is 22.5. The van der Waals surface area contributed by atoms with Gasteiger partial charge in [0.25, 0.3) is 0 Å². The number of thioether (sulfide) groups is 1. The van der Waals surface area contributed by atoms with Crippen molar-refractivity contribution in [2.45, 2.75) is 12.5 Å². The molecule has 16 heavy (non-hydrogen) atoms. The molecule has 0 radical (unpaired) electrons. The summed E-state index contributed by atoms with van der Waals surface area (Å²) in [5, 5.41) is 7.15. The van der Waals surface area contributed by atoms with E-state index in [1.807, 2.05) is 18.8 Å². The molecule has 1 aromatic rings. The molecule has 0 spiro atoms. The zero-order valence-electron chi connectivity index (χ0n) is 9.77. The molecular weight excluding hydrogens is 224 g/mol. The number of aromatic nitrogens is 2. The van der Waals surface area contributed by atoms with Crippen molar-refractivity contribution >= 4 is 11.8 Å². The van der Waals surface area contributed by atoms with Gasteiger partial charge in [0.15, 0.2) is 5.82 Å². The first-order valence-corrected chi connectivity index (χ1v) is 6.72. The lowest BCUT2D eigenvalue weighted by Gasteiger charge is -2.29. The van der Waals surface area contributed by atoms with Gasteiger partial charge < -0.3 is 9.84 Å².